The molecule has 0 aliphatic carbocycles. The zero-order valence-corrected chi connectivity index (χ0v) is 15.0. The van der Waals surface area contributed by atoms with E-state index >= 15 is 0 Å². The van der Waals surface area contributed by atoms with Gasteiger partial charge in [-0.15, -0.1) is 0 Å². The molecule has 0 aliphatic heterocycles. The third-order valence-corrected chi connectivity index (χ3v) is 3.68. The molecule has 144 valence electrons. The summed E-state index contributed by atoms with van der Waals surface area (Å²) in [6, 6.07) is -2.98. The van der Waals surface area contributed by atoms with Gasteiger partial charge < -0.3 is 31.8 Å². The Morgan fingerprint density at radius 3 is 2.54 bits per heavy atom. The van der Waals surface area contributed by atoms with Gasteiger partial charge in [0.05, 0.1) is 18.9 Å². The van der Waals surface area contributed by atoms with Crippen LogP contribution in [0.5, 0.6) is 0 Å². The molecule has 3 unspecified atom stereocenters. The van der Waals surface area contributed by atoms with Crippen molar-refractivity contribution in [3.05, 3.63) is 18.2 Å². The lowest BCUT2D eigenvalue weighted by molar-refractivity contribution is -0.141. The lowest BCUT2D eigenvalue weighted by Crippen LogP contribution is -2.54. The van der Waals surface area contributed by atoms with Crippen molar-refractivity contribution in [2.45, 2.75) is 31.5 Å². The molecular formula is C14H22N6O5S. The SMILES string of the molecule is CC(NC(=O)CNC(=O)C(CS)NC(=O)C(N)Cc1cnc[nH]1)C(=O)O. The number of nitrogens with one attached hydrogen (secondary N) is 4. The first-order chi connectivity index (χ1) is 12.2. The van der Waals surface area contributed by atoms with Crippen LogP contribution in [-0.2, 0) is 25.6 Å². The highest BCUT2D eigenvalue weighted by Gasteiger charge is 2.24. The number of rotatable bonds is 10. The highest BCUT2D eigenvalue weighted by Crippen LogP contribution is 1.98. The summed E-state index contributed by atoms with van der Waals surface area (Å²) in [6.45, 7) is 0.858. The van der Waals surface area contributed by atoms with Crippen molar-refractivity contribution < 1.29 is 24.3 Å². The molecule has 11 nitrogen and oxygen atoms in total. The molecule has 0 fully saturated rings. The van der Waals surface area contributed by atoms with Crippen molar-refractivity contribution in [1.29, 1.82) is 0 Å². The lowest BCUT2D eigenvalue weighted by atomic mass is 10.1. The van der Waals surface area contributed by atoms with Crippen LogP contribution in [0.2, 0.25) is 0 Å². The monoisotopic (exact) mass is 386 g/mol. The summed E-state index contributed by atoms with van der Waals surface area (Å²) in [5.41, 5.74) is 6.45. The molecule has 3 amide bonds. The molecule has 0 bridgehead atoms. The van der Waals surface area contributed by atoms with E-state index in [2.05, 4.69) is 38.5 Å². The molecule has 0 saturated heterocycles. The van der Waals surface area contributed by atoms with E-state index in [4.69, 9.17) is 10.8 Å². The number of carbonyl (C=O) groups excluding carboxylic acids is 3. The second kappa shape index (κ2) is 10.4. The molecule has 1 aromatic heterocycles. The van der Waals surface area contributed by atoms with Crippen LogP contribution in [0.25, 0.3) is 0 Å². The predicted octanol–water partition coefficient (Wildman–Crippen LogP) is -2.60. The number of aromatic nitrogens is 2. The smallest absolute Gasteiger partial charge is 0.325 e. The molecule has 26 heavy (non-hydrogen) atoms. The van der Waals surface area contributed by atoms with Gasteiger partial charge in [-0.3, -0.25) is 19.2 Å². The number of carbonyl (C=O) groups is 4. The Morgan fingerprint density at radius 2 is 2.00 bits per heavy atom. The standard InChI is InChI=1S/C14H22N6O5S/c1-7(14(24)25)19-11(21)4-17-13(23)10(5-26)20-12(22)9(15)2-8-3-16-6-18-8/h3,6-7,9-10,26H,2,4-5,15H2,1H3,(H,16,18)(H,17,23)(H,19,21)(H,20,22)(H,24,25). The van der Waals surface area contributed by atoms with Gasteiger partial charge in [0.1, 0.15) is 12.1 Å². The first-order valence-corrected chi connectivity index (χ1v) is 8.31. The van der Waals surface area contributed by atoms with Crippen molar-refractivity contribution in [2.75, 3.05) is 12.3 Å². The summed E-state index contributed by atoms with van der Waals surface area (Å²) in [5, 5.41) is 15.6. The van der Waals surface area contributed by atoms with E-state index in [0.717, 1.165) is 0 Å². The predicted molar refractivity (Wildman–Crippen MR) is 94.3 cm³/mol. The number of nitrogens with two attached hydrogens (primary N) is 1. The van der Waals surface area contributed by atoms with E-state index in [1.54, 1.807) is 0 Å². The van der Waals surface area contributed by atoms with Gasteiger partial charge in [0, 0.05) is 24.1 Å². The van der Waals surface area contributed by atoms with Crippen molar-refractivity contribution >= 4 is 36.3 Å². The Bertz CT molecular complexity index is 638. The van der Waals surface area contributed by atoms with Crippen molar-refractivity contribution in [3.8, 4) is 0 Å². The number of amides is 3. The largest absolute Gasteiger partial charge is 0.480 e. The molecular weight excluding hydrogens is 364 g/mol. The van der Waals surface area contributed by atoms with E-state index in [1.807, 2.05) is 0 Å². The number of nitrogens with zero attached hydrogens (tertiary/aromatic N) is 1. The molecule has 7 N–H and O–H groups in total. The molecule has 0 aliphatic rings. The Hall–Kier alpha value is -2.60. The van der Waals surface area contributed by atoms with Gasteiger partial charge in [-0.2, -0.15) is 12.6 Å². The number of imidazole rings is 1. The Balaban J connectivity index is 2.46. The zero-order chi connectivity index (χ0) is 19.7. The minimum absolute atomic E-state index is 0.0124. The van der Waals surface area contributed by atoms with Gasteiger partial charge in [0.2, 0.25) is 17.7 Å². The van der Waals surface area contributed by atoms with E-state index < -0.39 is 48.4 Å². The Morgan fingerprint density at radius 1 is 1.31 bits per heavy atom. The van der Waals surface area contributed by atoms with Crippen LogP contribution in [-0.4, -0.2) is 69.2 Å². The van der Waals surface area contributed by atoms with Crippen molar-refractivity contribution in [2.24, 2.45) is 5.73 Å². The average molecular weight is 386 g/mol. The topological polar surface area (TPSA) is 179 Å². The van der Waals surface area contributed by atoms with Crippen molar-refractivity contribution in [1.82, 2.24) is 25.9 Å². The lowest BCUT2D eigenvalue weighted by Gasteiger charge is -2.19. The van der Waals surface area contributed by atoms with Crippen LogP contribution >= 0.6 is 12.6 Å². The normalized spacial score (nSPS) is 14.0. The molecule has 12 heteroatoms. The maximum Gasteiger partial charge on any atom is 0.325 e. The summed E-state index contributed by atoms with van der Waals surface area (Å²) in [4.78, 5) is 53.0. The number of aromatic amines is 1. The van der Waals surface area contributed by atoms with E-state index in [1.165, 1.54) is 19.4 Å². The second-order valence-corrected chi connectivity index (χ2v) is 5.84. The number of hydrogen-bond donors (Lipinski definition) is 7. The third-order valence-electron chi connectivity index (χ3n) is 3.32. The third kappa shape index (κ3) is 7.11. The van der Waals surface area contributed by atoms with Crippen LogP contribution in [0.3, 0.4) is 0 Å². The van der Waals surface area contributed by atoms with Crippen LogP contribution in [0.15, 0.2) is 12.5 Å². The fourth-order valence-corrected chi connectivity index (χ4v) is 2.10. The van der Waals surface area contributed by atoms with Crippen LogP contribution in [0.1, 0.15) is 12.6 Å². The zero-order valence-electron chi connectivity index (χ0n) is 14.1. The number of H-pyrrole nitrogens is 1. The highest BCUT2D eigenvalue weighted by molar-refractivity contribution is 7.80. The summed E-state index contributed by atoms with van der Waals surface area (Å²) >= 11 is 4.00. The summed E-state index contributed by atoms with van der Waals surface area (Å²) in [6.07, 6.45) is 3.20. The summed E-state index contributed by atoms with van der Waals surface area (Å²) in [5.74, 6) is -3.08. The molecule has 0 radical (unpaired) electrons. The average Bonchev–Trinajstić information content (AvgIpc) is 3.09. The van der Waals surface area contributed by atoms with E-state index in [0.29, 0.717) is 5.69 Å². The van der Waals surface area contributed by atoms with Crippen LogP contribution < -0.4 is 21.7 Å². The number of carboxylic acid groups (broad SMARTS) is 1. The first-order valence-electron chi connectivity index (χ1n) is 7.68. The van der Waals surface area contributed by atoms with Gasteiger partial charge in [0.25, 0.3) is 0 Å². The Kier molecular flexibility index (Phi) is 8.58. The van der Waals surface area contributed by atoms with Gasteiger partial charge in [-0.25, -0.2) is 4.98 Å². The molecule has 0 aromatic carbocycles. The van der Waals surface area contributed by atoms with E-state index in [-0.39, 0.29) is 12.2 Å². The first kappa shape index (κ1) is 21.4. The molecule has 0 spiro atoms. The molecule has 0 saturated carbocycles. The maximum atomic E-state index is 12.1. The summed E-state index contributed by atoms with van der Waals surface area (Å²) in [7, 11) is 0. The fraction of sp³-hybridized carbons (Fsp3) is 0.500. The maximum absolute atomic E-state index is 12.1. The van der Waals surface area contributed by atoms with Crippen LogP contribution in [0, 0.1) is 0 Å². The molecule has 1 aromatic rings. The van der Waals surface area contributed by atoms with Gasteiger partial charge in [-0.1, -0.05) is 0 Å². The van der Waals surface area contributed by atoms with Gasteiger partial charge in [-0.05, 0) is 6.92 Å². The summed E-state index contributed by atoms with van der Waals surface area (Å²) < 4.78 is 0. The second-order valence-electron chi connectivity index (χ2n) is 5.48. The van der Waals surface area contributed by atoms with Crippen molar-refractivity contribution in [3.63, 3.8) is 0 Å². The molecule has 1 heterocycles. The number of carboxylic acids is 1. The quantitative estimate of drug-likeness (QED) is 0.215. The fourth-order valence-electron chi connectivity index (χ4n) is 1.84. The van der Waals surface area contributed by atoms with Crippen LogP contribution in [0.4, 0.5) is 0 Å². The van der Waals surface area contributed by atoms with Gasteiger partial charge >= 0.3 is 5.97 Å². The number of hydrogen-bond acceptors (Lipinski definition) is 7. The van der Waals surface area contributed by atoms with E-state index in [9.17, 15) is 19.2 Å². The number of aliphatic carboxylic acids is 1. The Labute approximate surface area is 154 Å². The minimum atomic E-state index is -1.20. The minimum Gasteiger partial charge on any atom is -0.480 e. The van der Waals surface area contributed by atoms with Gasteiger partial charge in [0.15, 0.2) is 0 Å². The molecule has 3 atom stereocenters. The highest BCUT2D eigenvalue weighted by atomic mass is 32.1. The number of thiol groups is 1. The molecule has 1 rings (SSSR count).